The van der Waals surface area contributed by atoms with Gasteiger partial charge in [0.2, 0.25) is 5.95 Å². The highest BCUT2D eigenvalue weighted by Crippen LogP contribution is 2.44. The maximum Gasteiger partial charge on any atom is 0.276 e. The van der Waals surface area contributed by atoms with Gasteiger partial charge in [0.15, 0.2) is 4.73 Å². The summed E-state index contributed by atoms with van der Waals surface area (Å²) < 4.78 is 31.7. The largest absolute Gasteiger partial charge is 0.370 e. The molecule has 15 heavy (non-hydrogen) atoms. The molecule has 1 heterocycles. The number of nitrogens with zero attached hydrogens (tertiary/aromatic N) is 3. The van der Waals surface area contributed by atoms with Crippen LogP contribution < -0.4 is 5.73 Å². The summed E-state index contributed by atoms with van der Waals surface area (Å²) in [6.45, 7) is 0.513. The monoisotopic (exact) mass is 282 g/mol. The van der Waals surface area contributed by atoms with E-state index in [1.54, 1.807) is 0 Å². The molecule has 1 saturated carbocycles. The van der Waals surface area contributed by atoms with Gasteiger partial charge in [0, 0.05) is 6.42 Å². The number of hydrogen-bond acceptors (Lipinski definition) is 4. The number of nitrogen functional groups attached to an aromatic ring is 1. The number of ether oxygens (including phenoxy) is 1. The zero-order chi connectivity index (χ0) is 11.1. The van der Waals surface area contributed by atoms with Crippen molar-refractivity contribution in [3.05, 3.63) is 4.73 Å². The lowest BCUT2D eigenvalue weighted by Crippen LogP contribution is -2.12. The van der Waals surface area contributed by atoms with Gasteiger partial charge in [-0.1, -0.05) is 0 Å². The van der Waals surface area contributed by atoms with E-state index in [1.807, 2.05) is 0 Å². The molecule has 0 spiro atoms. The maximum absolute atomic E-state index is 12.4. The SMILES string of the molecule is Nc1nc(Br)n(CCOC2CC2(F)F)n1. The third-order valence-corrected chi connectivity index (χ3v) is 2.62. The average Bonchev–Trinajstić information content (AvgIpc) is 2.58. The summed E-state index contributed by atoms with van der Waals surface area (Å²) in [5.74, 6) is -2.50. The maximum atomic E-state index is 12.4. The molecular formula is C7H9BrF2N4O. The summed E-state index contributed by atoms with van der Waals surface area (Å²) in [5, 5.41) is 3.83. The zero-order valence-corrected chi connectivity index (χ0v) is 9.25. The smallest absolute Gasteiger partial charge is 0.276 e. The van der Waals surface area contributed by atoms with Crippen molar-refractivity contribution >= 4 is 21.9 Å². The second-order valence-electron chi connectivity index (χ2n) is 3.29. The molecule has 0 aliphatic heterocycles. The standard InChI is InChI=1S/C7H9BrF2N4O/c8-5-12-6(11)13-14(5)1-2-15-4-3-7(4,9)10/h4H,1-3H2,(H2,11,13). The Hall–Kier alpha value is -0.760. The lowest BCUT2D eigenvalue weighted by molar-refractivity contribution is 0.00986. The van der Waals surface area contributed by atoms with E-state index in [0.717, 1.165) is 0 Å². The molecule has 84 valence electrons. The van der Waals surface area contributed by atoms with Crippen molar-refractivity contribution in [1.82, 2.24) is 14.8 Å². The van der Waals surface area contributed by atoms with Crippen molar-refractivity contribution in [1.29, 1.82) is 0 Å². The van der Waals surface area contributed by atoms with E-state index in [2.05, 4.69) is 26.0 Å². The molecule has 1 atom stereocenters. The molecule has 1 aromatic heterocycles. The van der Waals surface area contributed by atoms with Crippen molar-refractivity contribution in [2.24, 2.45) is 0 Å². The van der Waals surface area contributed by atoms with Crippen molar-refractivity contribution < 1.29 is 13.5 Å². The number of rotatable bonds is 4. The van der Waals surface area contributed by atoms with Gasteiger partial charge in [-0.2, -0.15) is 4.98 Å². The van der Waals surface area contributed by atoms with E-state index >= 15 is 0 Å². The van der Waals surface area contributed by atoms with Gasteiger partial charge in [0.1, 0.15) is 6.10 Å². The number of anilines is 1. The Morgan fingerprint density at radius 2 is 2.33 bits per heavy atom. The molecular weight excluding hydrogens is 274 g/mol. The van der Waals surface area contributed by atoms with E-state index in [-0.39, 0.29) is 19.0 Å². The number of alkyl halides is 2. The number of aromatic nitrogens is 3. The highest BCUT2D eigenvalue weighted by atomic mass is 79.9. The molecule has 8 heteroatoms. The third kappa shape index (κ3) is 2.43. The minimum Gasteiger partial charge on any atom is -0.370 e. The van der Waals surface area contributed by atoms with Crippen molar-refractivity contribution in [2.75, 3.05) is 12.3 Å². The highest BCUT2D eigenvalue weighted by Gasteiger charge is 2.58. The van der Waals surface area contributed by atoms with Crippen LogP contribution in [-0.4, -0.2) is 33.4 Å². The Morgan fingerprint density at radius 1 is 1.67 bits per heavy atom. The molecule has 0 aromatic carbocycles. The van der Waals surface area contributed by atoms with Gasteiger partial charge in [-0.05, 0) is 15.9 Å². The molecule has 1 fully saturated rings. The lowest BCUT2D eigenvalue weighted by atomic mass is 10.7. The molecule has 0 saturated heterocycles. The average molecular weight is 283 g/mol. The second-order valence-corrected chi connectivity index (χ2v) is 4.00. The predicted molar refractivity (Wildman–Crippen MR) is 51.4 cm³/mol. The minimum absolute atomic E-state index is 0.138. The van der Waals surface area contributed by atoms with Gasteiger partial charge in [-0.15, -0.1) is 5.10 Å². The van der Waals surface area contributed by atoms with E-state index in [1.165, 1.54) is 4.68 Å². The fourth-order valence-electron chi connectivity index (χ4n) is 1.13. The molecule has 2 rings (SSSR count). The first-order valence-electron chi connectivity index (χ1n) is 4.34. The van der Waals surface area contributed by atoms with Crippen molar-refractivity contribution in [2.45, 2.75) is 25.0 Å². The Morgan fingerprint density at radius 3 is 2.80 bits per heavy atom. The summed E-state index contributed by atoms with van der Waals surface area (Å²) in [4.78, 5) is 3.80. The van der Waals surface area contributed by atoms with Gasteiger partial charge in [0.05, 0.1) is 13.2 Å². The van der Waals surface area contributed by atoms with Crippen molar-refractivity contribution in [3.63, 3.8) is 0 Å². The van der Waals surface area contributed by atoms with Crippen molar-refractivity contribution in [3.8, 4) is 0 Å². The summed E-state index contributed by atoms with van der Waals surface area (Å²) in [6.07, 6.45) is -1.12. The fourth-order valence-corrected chi connectivity index (χ4v) is 1.57. The third-order valence-electron chi connectivity index (χ3n) is 2.03. The van der Waals surface area contributed by atoms with Gasteiger partial charge < -0.3 is 10.5 Å². The number of halogens is 3. The van der Waals surface area contributed by atoms with E-state index in [0.29, 0.717) is 11.3 Å². The van der Waals surface area contributed by atoms with E-state index in [4.69, 9.17) is 10.5 Å². The Kier molecular flexibility index (Phi) is 2.63. The molecule has 0 radical (unpaired) electrons. The first kappa shape index (κ1) is 10.7. The van der Waals surface area contributed by atoms with Gasteiger partial charge in [-0.25, -0.2) is 13.5 Å². The summed E-state index contributed by atoms with van der Waals surface area (Å²) in [5.41, 5.74) is 5.33. The normalized spacial score (nSPS) is 23.0. The Labute approximate surface area is 92.7 Å². The zero-order valence-electron chi connectivity index (χ0n) is 7.66. The topological polar surface area (TPSA) is 66.0 Å². The first-order valence-corrected chi connectivity index (χ1v) is 5.13. The van der Waals surface area contributed by atoms with Crippen LogP contribution in [0.3, 0.4) is 0 Å². The van der Waals surface area contributed by atoms with Crippen LogP contribution in [0.1, 0.15) is 6.42 Å². The van der Waals surface area contributed by atoms with E-state index < -0.39 is 12.0 Å². The van der Waals surface area contributed by atoms with Crippen LogP contribution in [0.25, 0.3) is 0 Å². The summed E-state index contributed by atoms with van der Waals surface area (Å²) in [6, 6.07) is 0. The lowest BCUT2D eigenvalue weighted by Gasteiger charge is -2.03. The quantitative estimate of drug-likeness (QED) is 0.896. The van der Waals surface area contributed by atoms with Crippen LogP contribution in [-0.2, 0) is 11.3 Å². The van der Waals surface area contributed by atoms with Crippen LogP contribution in [0.5, 0.6) is 0 Å². The van der Waals surface area contributed by atoms with Gasteiger partial charge in [0.25, 0.3) is 5.92 Å². The van der Waals surface area contributed by atoms with Crippen LogP contribution in [0.2, 0.25) is 0 Å². The van der Waals surface area contributed by atoms with Gasteiger partial charge >= 0.3 is 0 Å². The first-order chi connectivity index (χ1) is 6.99. The molecule has 1 unspecified atom stereocenters. The molecule has 2 N–H and O–H groups in total. The summed E-state index contributed by atoms with van der Waals surface area (Å²) >= 11 is 3.13. The molecule has 1 aliphatic rings. The van der Waals surface area contributed by atoms with Crippen LogP contribution in [0.15, 0.2) is 4.73 Å². The Bertz CT molecular complexity index is 370. The second kappa shape index (κ2) is 3.67. The molecule has 1 aromatic rings. The summed E-state index contributed by atoms with van der Waals surface area (Å²) in [7, 11) is 0. The minimum atomic E-state index is -2.64. The fraction of sp³-hybridized carbons (Fsp3) is 0.714. The predicted octanol–water partition coefficient (Wildman–Crippen LogP) is 1.05. The molecule has 1 aliphatic carbocycles. The van der Waals surface area contributed by atoms with Crippen LogP contribution in [0.4, 0.5) is 14.7 Å². The van der Waals surface area contributed by atoms with Crippen LogP contribution in [0, 0.1) is 0 Å². The number of nitrogens with two attached hydrogens (primary N) is 1. The molecule has 5 nitrogen and oxygen atoms in total. The number of hydrogen-bond donors (Lipinski definition) is 1. The van der Waals surface area contributed by atoms with E-state index in [9.17, 15) is 8.78 Å². The molecule has 0 amide bonds. The molecule has 0 bridgehead atoms. The van der Waals surface area contributed by atoms with Gasteiger partial charge in [-0.3, -0.25) is 0 Å². The Balaban J connectivity index is 1.77. The van der Waals surface area contributed by atoms with Crippen LogP contribution >= 0.6 is 15.9 Å². The highest BCUT2D eigenvalue weighted by molar-refractivity contribution is 9.10.